The van der Waals surface area contributed by atoms with Gasteiger partial charge in [-0.2, -0.15) is 0 Å². The number of nitrogens with one attached hydrogen (secondary N) is 1. The number of fused-ring (bicyclic) bond motifs is 1. The molecule has 4 rings (SSSR count). The van der Waals surface area contributed by atoms with Gasteiger partial charge >= 0.3 is 0 Å². The molecular weight excluding hydrogens is 409 g/mol. The van der Waals surface area contributed by atoms with Crippen LogP contribution in [0.25, 0.3) is 11.0 Å². The summed E-state index contributed by atoms with van der Waals surface area (Å²) in [5.74, 6) is -0.165. The molecule has 0 unspecified atom stereocenters. The lowest BCUT2D eigenvalue weighted by molar-refractivity contribution is -0.118. The van der Waals surface area contributed by atoms with Gasteiger partial charge in [-0.1, -0.05) is 65.9 Å². The number of nitrogens with zero attached hydrogens (tertiary/aromatic N) is 2. The molecule has 0 bridgehead atoms. The van der Waals surface area contributed by atoms with Gasteiger partial charge in [0.05, 0.1) is 22.5 Å². The Hall–Kier alpha value is -3.25. The molecule has 0 saturated heterocycles. The van der Waals surface area contributed by atoms with Crippen molar-refractivity contribution >= 4 is 28.7 Å². The Bertz CT molecular complexity index is 1190. The van der Waals surface area contributed by atoms with Crippen LogP contribution in [-0.2, 0) is 17.8 Å². The van der Waals surface area contributed by atoms with Gasteiger partial charge in [0.1, 0.15) is 10.8 Å². The summed E-state index contributed by atoms with van der Waals surface area (Å²) in [4.78, 5) is 22.0. The lowest BCUT2D eigenvalue weighted by atomic mass is 10.1. The van der Waals surface area contributed by atoms with E-state index in [4.69, 9.17) is 9.97 Å². The highest BCUT2D eigenvalue weighted by Gasteiger charge is 2.13. The number of carbonyl (C=O) groups is 1. The van der Waals surface area contributed by atoms with Crippen molar-refractivity contribution in [1.29, 1.82) is 0 Å². The van der Waals surface area contributed by atoms with Gasteiger partial charge in [0.15, 0.2) is 0 Å². The number of halogens is 1. The van der Waals surface area contributed by atoms with E-state index in [1.54, 1.807) is 12.1 Å². The molecule has 0 spiro atoms. The Morgan fingerprint density at radius 1 is 0.903 bits per heavy atom. The van der Waals surface area contributed by atoms with Crippen LogP contribution in [0.2, 0.25) is 0 Å². The van der Waals surface area contributed by atoms with Crippen molar-refractivity contribution in [2.45, 2.75) is 24.9 Å². The molecule has 4 nitrogen and oxygen atoms in total. The van der Waals surface area contributed by atoms with Crippen molar-refractivity contribution in [3.8, 4) is 0 Å². The summed E-state index contributed by atoms with van der Waals surface area (Å²) in [6.45, 7) is 2.42. The number of benzene rings is 3. The molecule has 0 aliphatic carbocycles. The van der Waals surface area contributed by atoms with Crippen molar-refractivity contribution in [1.82, 2.24) is 15.3 Å². The fraction of sp³-hybridized carbons (Fsp3) is 0.160. The Labute approximate surface area is 184 Å². The van der Waals surface area contributed by atoms with Gasteiger partial charge in [0, 0.05) is 13.0 Å². The van der Waals surface area contributed by atoms with E-state index >= 15 is 0 Å². The standard InChI is InChI=1S/C25H22FN3OS/c1-17-6-8-18(9-7-17)14-23-25(29-22-5-3-2-4-21(22)28-23)31-16-24(30)27-15-19-10-12-20(26)13-11-19/h2-13H,14-16H2,1H3,(H,27,30). The monoisotopic (exact) mass is 431 g/mol. The zero-order chi connectivity index (χ0) is 21.6. The zero-order valence-corrected chi connectivity index (χ0v) is 18.0. The van der Waals surface area contributed by atoms with Crippen molar-refractivity contribution in [3.63, 3.8) is 0 Å². The van der Waals surface area contributed by atoms with Crippen LogP contribution in [0.5, 0.6) is 0 Å². The molecule has 0 aliphatic rings. The molecule has 1 heterocycles. The van der Waals surface area contributed by atoms with Crippen LogP contribution in [0, 0.1) is 12.7 Å². The van der Waals surface area contributed by atoms with Crippen LogP contribution < -0.4 is 5.32 Å². The third-order valence-corrected chi connectivity index (χ3v) is 5.85. The minimum Gasteiger partial charge on any atom is -0.351 e. The first-order valence-corrected chi connectivity index (χ1v) is 11.0. The van der Waals surface area contributed by atoms with Gasteiger partial charge < -0.3 is 5.32 Å². The average molecular weight is 432 g/mol. The second-order valence-electron chi connectivity index (χ2n) is 7.32. The number of hydrogen-bond acceptors (Lipinski definition) is 4. The summed E-state index contributed by atoms with van der Waals surface area (Å²) in [7, 11) is 0. The lowest BCUT2D eigenvalue weighted by Crippen LogP contribution is -2.24. The van der Waals surface area contributed by atoms with E-state index < -0.39 is 0 Å². The molecule has 0 atom stereocenters. The maximum atomic E-state index is 13.0. The Kier molecular flexibility index (Phi) is 6.57. The second-order valence-corrected chi connectivity index (χ2v) is 8.28. The minimum absolute atomic E-state index is 0.106. The highest BCUT2D eigenvalue weighted by Crippen LogP contribution is 2.24. The van der Waals surface area contributed by atoms with E-state index in [2.05, 4.69) is 36.5 Å². The normalized spacial score (nSPS) is 10.9. The number of carbonyl (C=O) groups excluding carboxylic acids is 1. The van der Waals surface area contributed by atoms with Gasteiger partial charge in [-0.15, -0.1) is 0 Å². The molecule has 0 saturated carbocycles. The molecule has 156 valence electrons. The fourth-order valence-electron chi connectivity index (χ4n) is 3.14. The number of rotatable bonds is 7. The molecule has 1 amide bonds. The molecule has 1 aromatic heterocycles. The second kappa shape index (κ2) is 9.71. The van der Waals surface area contributed by atoms with Crippen molar-refractivity contribution in [3.05, 3.63) is 101 Å². The first-order valence-electron chi connectivity index (χ1n) is 10.0. The Balaban J connectivity index is 1.47. The minimum atomic E-state index is -0.290. The van der Waals surface area contributed by atoms with Crippen molar-refractivity contribution in [2.75, 3.05) is 5.75 Å². The maximum Gasteiger partial charge on any atom is 0.230 e. The van der Waals surface area contributed by atoms with Gasteiger partial charge in [-0.05, 0) is 42.3 Å². The van der Waals surface area contributed by atoms with Crippen LogP contribution in [-0.4, -0.2) is 21.6 Å². The molecule has 31 heavy (non-hydrogen) atoms. The molecular formula is C25H22FN3OS. The molecule has 6 heteroatoms. The quantitative estimate of drug-likeness (QED) is 0.415. The van der Waals surface area contributed by atoms with E-state index in [9.17, 15) is 9.18 Å². The molecule has 0 fully saturated rings. The van der Waals surface area contributed by atoms with Gasteiger partial charge in [-0.3, -0.25) is 4.79 Å². The number of aromatic nitrogens is 2. The van der Waals surface area contributed by atoms with E-state index in [1.165, 1.54) is 29.5 Å². The maximum absolute atomic E-state index is 13.0. The van der Waals surface area contributed by atoms with E-state index in [0.29, 0.717) is 13.0 Å². The van der Waals surface area contributed by atoms with Crippen LogP contribution in [0.1, 0.15) is 22.4 Å². The number of hydrogen-bond donors (Lipinski definition) is 1. The van der Waals surface area contributed by atoms with Gasteiger partial charge in [-0.25, -0.2) is 14.4 Å². The summed E-state index contributed by atoms with van der Waals surface area (Å²) in [6, 6.07) is 22.2. The number of amides is 1. The summed E-state index contributed by atoms with van der Waals surface area (Å²) >= 11 is 1.38. The van der Waals surface area contributed by atoms with E-state index in [0.717, 1.165) is 32.9 Å². The highest BCUT2D eigenvalue weighted by atomic mass is 32.2. The third kappa shape index (κ3) is 5.67. The summed E-state index contributed by atoms with van der Waals surface area (Å²) in [5.41, 5.74) is 5.72. The van der Waals surface area contributed by atoms with E-state index in [1.807, 2.05) is 24.3 Å². The fourth-order valence-corrected chi connectivity index (χ4v) is 3.96. The summed E-state index contributed by atoms with van der Waals surface area (Å²) in [6.07, 6.45) is 0.650. The van der Waals surface area contributed by atoms with Gasteiger partial charge in [0.25, 0.3) is 0 Å². The predicted octanol–water partition coefficient (Wildman–Crippen LogP) is 5.08. The van der Waals surface area contributed by atoms with Gasteiger partial charge in [0.2, 0.25) is 5.91 Å². The largest absolute Gasteiger partial charge is 0.351 e. The summed E-state index contributed by atoms with van der Waals surface area (Å²) in [5, 5.41) is 3.63. The van der Waals surface area contributed by atoms with Crippen LogP contribution >= 0.6 is 11.8 Å². The highest BCUT2D eigenvalue weighted by molar-refractivity contribution is 7.99. The average Bonchev–Trinajstić information content (AvgIpc) is 2.78. The molecule has 4 aromatic rings. The Morgan fingerprint density at radius 2 is 1.55 bits per heavy atom. The molecule has 1 N–H and O–H groups in total. The molecule has 0 radical (unpaired) electrons. The van der Waals surface area contributed by atoms with Crippen LogP contribution in [0.4, 0.5) is 4.39 Å². The predicted molar refractivity (Wildman–Crippen MR) is 122 cm³/mol. The smallest absolute Gasteiger partial charge is 0.230 e. The molecule has 0 aliphatic heterocycles. The van der Waals surface area contributed by atoms with Crippen LogP contribution in [0.3, 0.4) is 0 Å². The van der Waals surface area contributed by atoms with Crippen LogP contribution in [0.15, 0.2) is 77.8 Å². The Morgan fingerprint density at radius 3 is 2.26 bits per heavy atom. The number of aryl methyl sites for hydroxylation is 1. The topological polar surface area (TPSA) is 54.9 Å². The summed E-state index contributed by atoms with van der Waals surface area (Å²) < 4.78 is 13.0. The van der Waals surface area contributed by atoms with Crippen molar-refractivity contribution < 1.29 is 9.18 Å². The number of para-hydroxylation sites is 2. The van der Waals surface area contributed by atoms with E-state index in [-0.39, 0.29) is 17.5 Å². The first kappa shape index (κ1) is 21.0. The lowest BCUT2D eigenvalue weighted by Gasteiger charge is -2.10. The molecule has 3 aromatic carbocycles. The third-order valence-electron chi connectivity index (χ3n) is 4.84. The SMILES string of the molecule is Cc1ccc(Cc2nc3ccccc3nc2SCC(=O)NCc2ccc(F)cc2)cc1. The first-order chi connectivity index (χ1) is 15.1. The van der Waals surface area contributed by atoms with Crippen molar-refractivity contribution in [2.24, 2.45) is 0 Å². The number of thioether (sulfide) groups is 1. The zero-order valence-electron chi connectivity index (χ0n) is 17.1.